The van der Waals surface area contributed by atoms with Crippen LogP contribution < -0.4 is 10.6 Å². The SMILES string of the molecule is O=C1Cc2ccc(F)cc2C2(C1)NC(=O)NC2=O. The molecule has 1 aliphatic carbocycles. The molecule has 6 heteroatoms. The molecule has 18 heavy (non-hydrogen) atoms. The number of carbonyl (C=O) groups excluding carboxylic acids is 3. The van der Waals surface area contributed by atoms with Crippen molar-refractivity contribution in [2.75, 3.05) is 0 Å². The van der Waals surface area contributed by atoms with Crippen LogP contribution in [-0.2, 0) is 21.5 Å². The van der Waals surface area contributed by atoms with Gasteiger partial charge in [0.15, 0.2) is 5.54 Å². The van der Waals surface area contributed by atoms with Crippen molar-refractivity contribution in [2.24, 2.45) is 0 Å². The number of urea groups is 1. The van der Waals surface area contributed by atoms with E-state index in [1.807, 2.05) is 0 Å². The molecule has 0 radical (unpaired) electrons. The second kappa shape index (κ2) is 3.38. The third-order valence-corrected chi connectivity index (χ3v) is 3.32. The van der Waals surface area contributed by atoms with Gasteiger partial charge in [0.1, 0.15) is 11.6 Å². The number of Topliss-reactive ketones (excluding diaryl/α,β-unsaturated/α-hetero) is 1. The highest BCUT2D eigenvalue weighted by Crippen LogP contribution is 2.36. The van der Waals surface area contributed by atoms with Crippen molar-refractivity contribution >= 4 is 17.7 Å². The first-order valence-electron chi connectivity index (χ1n) is 5.45. The number of hydrogen-bond acceptors (Lipinski definition) is 3. The van der Waals surface area contributed by atoms with Crippen LogP contribution in [0.1, 0.15) is 17.5 Å². The molecule has 1 heterocycles. The zero-order valence-corrected chi connectivity index (χ0v) is 9.25. The number of imide groups is 1. The number of rotatable bonds is 0. The van der Waals surface area contributed by atoms with Crippen LogP contribution in [0.2, 0.25) is 0 Å². The van der Waals surface area contributed by atoms with Gasteiger partial charge < -0.3 is 5.32 Å². The number of amides is 3. The zero-order valence-electron chi connectivity index (χ0n) is 9.25. The molecule has 0 aromatic heterocycles. The number of nitrogens with one attached hydrogen (secondary N) is 2. The molecule has 2 aliphatic rings. The summed E-state index contributed by atoms with van der Waals surface area (Å²) in [5.41, 5.74) is -0.500. The topological polar surface area (TPSA) is 75.3 Å². The van der Waals surface area contributed by atoms with Crippen LogP contribution >= 0.6 is 0 Å². The van der Waals surface area contributed by atoms with E-state index in [2.05, 4.69) is 10.6 Å². The van der Waals surface area contributed by atoms with Crippen molar-refractivity contribution in [3.63, 3.8) is 0 Å². The number of hydrogen-bond donors (Lipinski definition) is 2. The predicted octanol–water partition coefficient (Wildman–Crippen LogP) is 0.376. The largest absolute Gasteiger partial charge is 0.322 e. The smallest absolute Gasteiger partial charge is 0.319 e. The lowest BCUT2D eigenvalue weighted by Crippen LogP contribution is -2.49. The van der Waals surface area contributed by atoms with E-state index in [1.54, 1.807) is 0 Å². The lowest BCUT2D eigenvalue weighted by molar-refractivity contribution is -0.130. The highest BCUT2D eigenvalue weighted by Gasteiger charge is 2.52. The van der Waals surface area contributed by atoms with E-state index in [0.717, 1.165) is 0 Å². The maximum atomic E-state index is 13.3. The van der Waals surface area contributed by atoms with Gasteiger partial charge in [-0.15, -0.1) is 0 Å². The molecule has 3 amide bonds. The minimum absolute atomic E-state index is 0.138. The van der Waals surface area contributed by atoms with E-state index >= 15 is 0 Å². The van der Waals surface area contributed by atoms with Crippen molar-refractivity contribution in [1.29, 1.82) is 0 Å². The van der Waals surface area contributed by atoms with Gasteiger partial charge in [0, 0.05) is 12.8 Å². The first-order chi connectivity index (χ1) is 8.51. The van der Waals surface area contributed by atoms with Gasteiger partial charge in [-0.2, -0.15) is 0 Å². The van der Waals surface area contributed by atoms with Crippen molar-refractivity contribution in [3.05, 3.63) is 35.1 Å². The van der Waals surface area contributed by atoms with Crippen LogP contribution in [0.5, 0.6) is 0 Å². The van der Waals surface area contributed by atoms with Gasteiger partial charge in [-0.05, 0) is 23.3 Å². The Morgan fingerprint density at radius 3 is 2.67 bits per heavy atom. The van der Waals surface area contributed by atoms with Crippen molar-refractivity contribution < 1.29 is 18.8 Å². The summed E-state index contributed by atoms with van der Waals surface area (Å²) in [5.74, 6) is -1.27. The summed E-state index contributed by atoms with van der Waals surface area (Å²) in [6.45, 7) is 0. The lowest BCUT2D eigenvalue weighted by atomic mass is 9.76. The third kappa shape index (κ3) is 1.35. The maximum Gasteiger partial charge on any atom is 0.322 e. The third-order valence-electron chi connectivity index (χ3n) is 3.32. The zero-order chi connectivity index (χ0) is 12.9. The summed E-state index contributed by atoms with van der Waals surface area (Å²) in [4.78, 5) is 34.9. The molecule has 92 valence electrons. The Morgan fingerprint density at radius 2 is 2.00 bits per heavy atom. The van der Waals surface area contributed by atoms with Crippen LogP contribution in [0.25, 0.3) is 0 Å². The standard InChI is InChI=1S/C12H9FN2O3/c13-7-2-1-6-3-8(16)5-12(9(6)4-7)10(17)14-11(18)15-12/h1-2,4H,3,5H2,(H2,14,15,17,18). The minimum atomic E-state index is -1.44. The molecule has 1 fully saturated rings. The van der Waals surface area contributed by atoms with E-state index in [4.69, 9.17) is 0 Å². The van der Waals surface area contributed by atoms with Gasteiger partial charge in [0.05, 0.1) is 0 Å². The second-order valence-electron chi connectivity index (χ2n) is 4.51. The number of benzene rings is 1. The Bertz CT molecular complexity index is 599. The lowest BCUT2D eigenvalue weighted by Gasteiger charge is -2.31. The maximum absolute atomic E-state index is 13.3. The van der Waals surface area contributed by atoms with Crippen LogP contribution in [0.15, 0.2) is 18.2 Å². The van der Waals surface area contributed by atoms with Gasteiger partial charge in [0.2, 0.25) is 0 Å². The van der Waals surface area contributed by atoms with Crippen molar-refractivity contribution in [3.8, 4) is 0 Å². The summed E-state index contributed by atoms with van der Waals surface area (Å²) >= 11 is 0. The number of carbonyl (C=O) groups is 3. The molecule has 1 aliphatic heterocycles. The monoisotopic (exact) mass is 248 g/mol. The predicted molar refractivity (Wildman–Crippen MR) is 58.1 cm³/mol. The van der Waals surface area contributed by atoms with E-state index in [1.165, 1.54) is 18.2 Å². The molecule has 1 aromatic rings. The number of ketones is 1. The van der Waals surface area contributed by atoms with Crippen molar-refractivity contribution in [2.45, 2.75) is 18.4 Å². The normalized spacial score (nSPS) is 25.9. The first kappa shape index (κ1) is 10.9. The highest BCUT2D eigenvalue weighted by atomic mass is 19.1. The number of halogens is 1. The van der Waals surface area contributed by atoms with Gasteiger partial charge in [0.25, 0.3) is 5.91 Å². The van der Waals surface area contributed by atoms with Crippen LogP contribution in [-0.4, -0.2) is 17.7 Å². The molecule has 1 saturated heterocycles. The molecular formula is C12H9FN2O3. The fourth-order valence-corrected chi connectivity index (χ4v) is 2.57. The molecule has 0 saturated carbocycles. The molecule has 2 N–H and O–H groups in total. The molecule has 1 unspecified atom stereocenters. The molecule has 0 bridgehead atoms. The summed E-state index contributed by atoms with van der Waals surface area (Å²) in [6, 6.07) is 3.25. The molecule has 5 nitrogen and oxygen atoms in total. The molecular weight excluding hydrogens is 239 g/mol. The van der Waals surface area contributed by atoms with Crippen LogP contribution in [0.3, 0.4) is 0 Å². The molecule has 1 atom stereocenters. The van der Waals surface area contributed by atoms with Crippen LogP contribution in [0, 0.1) is 5.82 Å². The van der Waals surface area contributed by atoms with Crippen molar-refractivity contribution in [1.82, 2.24) is 10.6 Å². The molecule has 1 aromatic carbocycles. The fraction of sp³-hybridized carbons (Fsp3) is 0.250. The van der Waals surface area contributed by atoms with E-state index in [-0.39, 0.29) is 18.6 Å². The quantitative estimate of drug-likeness (QED) is 0.651. The van der Waals surface area contributed by atoms with E-state index in [9.17, 15) is 18.8 Å². The average molecular weight is 248 g/mol. The Kier molecular flexibility index (Phi) is 2.04. The summed E-state index contributed by atoms with van der Waals surface area (Å²) in [6.07, 6.45) is 0.0154. The molecule has 3 rings (SSSR count). The Morgan fingerprint density at radius 1 is 1.22 bits per heavy atom. The molecule has 1 spiro atoms. The Hall–Kier alpha value is -2.24. The first-order valence-corrected chi connectivity index (χ1v) is 5.45. The van der Waals surface area contributed by atoms with Crippen LogP contribution in [0.4, 0.5) is 9.18 Å². The Balaban J connectivity index is 2.23. The average Bonchev–Trinajstić information content (AvgIpc) is 2.55. The van der Waals surface area contributed by atoms with Gasteiger partial charge in [-0.1, -0.05) is 6.07 Å². The fourth-order valence-electron chi connectivity index (χ4n) is 2.57. The minimum Gasteiger partial charge on any atom is -0.319 e. The van der Waals surface area contributed by atoms with Gasteiger partial charge in [-0.25, -0.2) is 9.18 Å². The van der Waals surface area contributed by atoms with Gasteiger partial charge in [-0.3, -0.25) is 14.9 Å². The summed E-state index contributed by atoms with van der Waals surface area (Å²) in [5, 5.41) is 4.54. The highest BCUT2D eigenvalue weighted by molar-refractivity contribution is 6.10. The Labute approximate surface area is 101 Å². The van der Waals surface area contributed by atoms with E-state index in [0.29, 0.717) is 11.1 Å². The van der Waals surface area contributed by atoms with E-state index < -0.39 is 23.3 Å². The second-order valence-corrected chi connectivity index (χ2v) is 4.51. The summed E-state index contributed by atoms with van der Waals surface area (Å²) in [7, 11) is 0. The summed E-state index contributed by atoms with van der Waals surface area (Å²) < 4.78 is 13.3. The van der Waals surface area contributed by atoms with Gasteiger partial charge >= 0.3 is 6.03 Å². The number of fused-ring (bicyclic) bond motifs is 2.